The molecule has 1 amide bonds. The van der Waals surface area contributed by atoms with E-state index in [0.717, 1.165) is 13.0 Å². The normalized spacial score (nSPS) is 25.6. The summed E-state index contributed by atoms with van der Waals surface area (Å²) in [6.45, 7) is 7.18. The first-order chi connectivity index (χ1) is 7.97. The van der Waals surface area contributed by atoms with Crippen molar-refractivity contribution in [3.63, 3.8) is 0 Å². The number of amides is 1. The molecule has 1 rings (SSSR count). The van der Waals surface area contributed by atoms with Gasteiger partial charge in [0.15, 0.2) is 0 Å². The van der Waals surface area contributed by atoms with Crippen LogP contribution in [-0.4, -0.2) is 47.6 Å². The standard InChI is InChI=1S/C12H22N2O3/c1-4-9(3)14(7-11(15)16)12(17)10-6-13-5-8(10)2/h8-10,13H,4-7H2,1-3H3,(H,15,16)/t8-,9?,10-/m1/s1. The van der Waals surface area contributed by atoms with Crippen molar-refractivity contribution in [2.75, 3.05) is 19.6 Å². The average molecular weight is 242 g/mol. The van der Waals surface area contributed by atoms with Crippen molar-refractivity contribution in [3.8, 4) is 0 Å². The molecule has 1 saturated heterocycles. The highest BCUT2D eigenvalue weighted by atomic mass is 16.4. The van der Waals surface area contributed by atoms with E-state index < -0.39 is 5.97 Å². The number of nitrogens with zero attached hydrogens (tertiary/aromatic N) is 1. The predicted octanol–water partition coefficient (Wildman–Crippen LogP) is 0.554. The molecule has 0 aromatic rings. The minimum Gasteiger partial charge on any atom is -0.480 e. The van der Waals surface area contributed by atoms with Crippen molar-refractivity contribution in [2.24, 2.45) is 11.8 Å². The second-order valence-corrected chi connectivity index (χ2v) is 4.86. The first kappa shape index (κ1) is 14.0. The van der Waals surface area contributed by atoms with Crippen LogP contribution < -0.4 is 5.32 Å². The summed E-state index contributed by atoms with van der Waals surface area (Å²) in [4.78, 5) is 24.6. The molecule has 0 aromatic heterocycles. The van der Waals surface area contributed by atoms with Crippen LogP contribution in [0, 0.1) is 11.8 Å². The number of carbonyl (C=O) groups excluding carboxylic acids is 1. The molecule has 5 heteroatoms. The third-order valence-corrected chi connectivity index (χ3v) is 3.55. The molecule has 5 nitrogen and oxygen atoms in total. The number of carboxylic acid groups (broad SMARTS) is 1. The highest BCUT2D eigenvalue weighted by Crippen LogP contribution is 2.20. The third-order valence-electron chi connectivity index (χ3n) is 3.55. The van der Waals surface area contributed by atoms with Gasteiger partial charge in [-0.15, -0.1) is 0 Å². The molecule has 0 aromatic carbocycles. The first-order valence-corrected chi connectivity index (χ1v) is 6.20. The smallest absolute Gasteiger partial charge is 0.323 e. The van der Waals surface area contributed by atoms with Crippen molar-refractivity contribution in [1.82, 2.24) is 10.2 Å². The molecule has 0 aliphatic carbocycles. The number of nitrogens with one attached hydrogen (secondary N) is 1. The highest BCUT2D eigenvalue weighted by molar-refractivity contribution is 5.84. The summed E-state index contributed by atoms with van der Waals surface area (Å²) in [5.74, 6) is -0.775. The number of carboxylic acids is 1. The van der Waals surface area contributed by atoms with Crippen molar-refractivity contribution in [1.29, 1.82) is 0 Å². The Kier molecular flexibility index (Phi) is 4.93. The zero-order valence-corrected chi connectivity index (χ0v) is 10.8. The molecule has 3 atom stereocenters. The monoisotopic (exact) mass is 242 g/mol. The lowest BCUT2D eigenvalue weighted by atomic mass is 9.96. The molecule has 0 saturated carbocycles. The average Bonchev–Trinajstić information content (AvgIpc) is 2.70. The molecular weight excluding hydrogens is 220 g/mol. The van der Waals surface area contributed by atoms with E-state index >= 15 is 0 Å². The summed E-state index contributed by atoms with van der Waals surface area (Å²) in [6.07, 6.45) is 0.771. The number of hydrogen-bond donors (Lipinski definition) is 2. The molecule has 2 N–H and O–H groups in total. The molecule has 1 heterocycles. The Hall–Kier alpha value is -1.10. The Morgan fingerprint density at radius 3 is 2.53 bits per heavy atom. The van der Waals surface area contributed by atoms with Crippen molar-refractivity contribution in [2.45, 2.75) is 33.2 Å². The van der Waals surface area contributed by atoms with Gasteiger partial charge in [0.25, 0.3) is 0 Å². The summed E-state index contributed by atoms with van der Waals surface area (Å²) < 4.78 is 0. The quantitative estimate of drug-likeness (QED) is 0.739. The Labute approximate surface area is 102 Å². The van der Waals surface area contributed by atoms with Gasteiger partial charge in [-0.05, 0) is 25.8 Å². The van der Waals surface area contributed by atoms with Crippen LogP contribution >= 0.6 is 0 Å². The van der Waals surface area contributed by atoms with Crippen LogP contribution in [0.1, 0.15) is 27.2 Å². The van der Waals surface area contributed by atoms with Gasteiger partial charge >= 0.3 is 5.97 Å². The molecular formula is C12H22N2O3. The fourth-order valence-corrected chi connectivity index (χ4v) is 2.17. The van der Waals surface area contributed by atoms with Gasteiger partial charge in [0, 0.05) is 12.6 Å². The molecule has 17 heavy (non-hydrogen) atoms. The molecule has 98 valence electrons. The molecule has 1 fully saturated rings. The Morgan fingerprint density at radius 2 is 2.12 bits per heavy atom. The van der Waals surface area contributed by atoms with E-state index in [9.17, 15) is 9.59 Å². The van der Waals surface area contributed by atoms with E-state index in [0.29, 0.717) is 6.54 Å². The molecule has 1 unspecified atom stereocenters. The molecule has 1 aliphatic heterocycles. The lowest BCUT2D eigenvalue weighted by Crippen LogP contribution is -2.46. The van der Waals surface area contributed by atoms with Gasteiger partial charge in [-0.3, -0.25) is 9.59 Å². The number of hydrogen-bond acceptors (Lipinski definition) is 3. The van der Waals surface area contributed by atoms with Crippen LogP contribution in [0.2, 0.25) is 0 Å². The highest BCUT2D eigenvalue weighted by Gasteiger charge is 2.34. The summed E-state index contributed by atoms with van der Waals surface area (Å²) in [7, 11) is 0. The number of rotatable bonds is 5. The number of carbonyl (C=O) groups is 2. The third kappa shape index (κ3) is 3.43. The van der Waals surface area contributed by atoms with Gasteiger partial charge in [-0.2, -0.15) is 0 Å². The van der Waals surface area contributed by atoms with Gasteiger partial charge in [0.1, 0.15) is 6.54 Å². The van der Waals surface area contributed by atoms with Crippen LogP contribution in [0.25, 0.3) is 0 Å². The lowest BCUT2D eigenvalue weighted by Gasteiger charge is -2.30. The maximum atomic E-state index is 12.3. The van der Waals surface area contributed by atoms with Gasteiger partial charge in [0.05, 0.1) is 5.92 Å². The largest absolute Gasteiger partial charge is 0.480 e. The summed E-state index contributed by atoms with van der Waals surface area (Å²) in [6, 6.07) is -0.0219. The zero-order valence-electron chi connectivity index (χ0n) is 10.8. The molecule has 0 bridgehead atoms. The van der Waals surface area contributed by atoms with E-state index in [4.69, 9.17) is 5.11 Å². The van der Waals surface area contributed by atoms with Crippen LogP contribution in [-0.2, 0) is 9.59 Å². The van der Waals surface area contributed by atoms with Crippen LogP contribution in [0.4, 0.5) is 0 Å². The molecule has 0 spiro atoms. The second kappa shape index (κ2) is 6.00. The van der Waals surface area contributed by atoms with Crippen molar-refractivity contribution in [3.05, 3.63) is 0 Å². The first-order valence-electron chi connectivity index (χ1n) is 6.20. The van der Waals surface area contributed by atoms with Crippen molar-refractivity contribution < 1.29 is 14.7 Å². The lowest BCUT2D eigenvalue weighted by molar-refractivity contribution is -0.148. The number of aliphatic carboxylic acids is 1. The molecule has 1 aliphatic rings. The van der Waals surface area contributed by atoms with Crippen LogP contribution in [0.5, 0.6) is 0 Å². The zero-order chi connectivity index (χ0) is 13.0. The summed E-state index contributed by atoms with van der Waals surface area (Å²) in [5, 5.41) is 12.0. The van der Waals surface area contributed by atoms with Crippen LogP contribution in [0.15, 0.2) is 0 Å². The molecule has 0 radical (unpaired) electrons. The summed E-state index contributed by atoms with van der Waals surface area (Å²) in [5.41, 5.74) is 0. The van der Waals surface area contributed by atoms with Gasteiger partial charge in [-0.25, -0.2) is 0 Å². The van der Waals surface area contributed by atoms with E-state index in [-0.39, 0.29) is 30.3 Å². The maximum absolute atomic E-state index is 12.3. The van der Waals surface area contributed by atoms with E-state index in [1.54, 1.807) is 0 Å². The minimum absolute atomic E-state index is 0.0219. The van der Waals surface area contributed by atoms with Gasteiger partial charge < -0.3 is 15.3 Å². The Morgan fingerprint density at radius 1 is 1.47 bits per heavy atom. The fourth-order valence-electron chi connectivity index (χ4n) is 2.17. The minimum atomic E-state index is -0.947. The predicted molar refractivity (Wildman–Crippen MR) is 64.6 cm³/mol. The summed E-state index contributed by atoms with van der Waals surface area (Å²) >= 11 is 0. The maximum Gasteiger partial charge on any atom is 0.323 e. The van der Waals surface area contributed by atoms with Crippen LogP contribution in [0.3, 0.4) is 0 Å². The van der Waals surface area contributed by atoms with E-state index in [2.05, 4.69) is 5.32 Å². The Bertz CT molecular complexity index is 293. The fraction of sp³-hybridized carbons (Fsp3) is 0.833. The van der Waals surface area contributed by atoms with Crippen molar-refractivity contribution >= 4 is 11.9 Å². The SMILES string of the molecule is CCC(C)N(CC(=O)O)C(=O)[C@@H]1CNC[C@H]1C. The van der Waals surface area contributed by atoms with Gasteiger partial charge in [-0.1, -0.05) is 13.8 Å². The second-order valence-electron chi connectivity index (χ2n) is 4.86. The topological polar surface area (TPSA) is 69.6 Å². The van der Waals surface area contributed by atoms with E-state index in [1.165, 1.54) is 4.90 Å². The van der Waals surface area contributed by atoms with Gasteiger partial charge in [0.2, 0.25) is 5.91 Å². The Balaban J connectivity index is 2.74. The van der Waals surface area contributed by atoms with E-state index in [1.807, 2.05) is 20.8 Å².